The second-order valence-corrected chi connectivity index (χ2v) is 7.74. The summed E-state index contributed by atoms with van der Waals surface area (Å²) in [5, 5.41) is 4.76. The molecule has 1 fully saturated rings. The number of nitrogens with one attached hydrogen (secondary N) is 2. The summed E-state index contributed by atoms with van der Waals surface area (Å²) in [5.41, 5.74) is 6.12. The van der Waals surface area contributed by atoms with E-state index in [1.807, 2.05) is 25.5 Å². The summed E-state index contributed by atoms with van der Waals surface area (Å²) in [4.78, 5) is 12.2. The van der Waals surface area contributed by atoms with Crippen molar-refractivity contribution in [2.75, 3.05) is 0 Å². The molecule has 2 atom stereocenters. The van der Waals surface area contributed by atoms with E-state index in [0.29, 0.717) is 6.04 Å². The second kappa shape index (κ2) is 7.90. The third-order valence-corrected chi connectivity index (χ3v) is 5.34. The summed E-state index contributed by atoms with van der Waals surface area (Å²) < 4.78 is 0. The minimum absolute atomic E-state index is 0.591. The number of hydrogen-bond acceptors (Lipinski definition) is 3. The first-order chi connectivity index (χ1) is 12.4. The number of aromatic nitrogens is 2. The van der Waals surface area contributed by atoms with Crippen LogP contribution in [-0.4, -0.2) is 22.2 Å². The molecule has 1 saturated carbocycles. The van der Waals surface area contributed by atoms with Gasteiger partial charge in [-0.25, -0.2) is 4.98 Å². The SMILES string of the molecule is C=C(/N=C\C(C)=C(/C)N[C@H]1CCC[C@@H](C)C1)c1c[nH]c2ncc(C)cc12. The van der Waals surface area contributed by atoms with Gasteiger partial charge in [-0.2, -0.15) is 0 Å². The van der Waals surface area contributed by atoms with E-state index in [9.17, 15) is 0 Å². The predicted molar refractivity (Wildman–Crippen MR) is 111 cm³/mol. The van der Waals surface area contributed by atoms with Gasteiger partial charge in [0, 0.05) is 41.3 Å². The molecule has 0 radical (unpaired) electrons. The number of nitrogens with zero attached hydrogens (tertiary/aromatic N) is 2. The molecule has 2 aromatic rings. The summed E-state index contributed by atoms with van der Waals surface area (Å²) in [6, 6.07) is 2.71. The van der Waals surface area contributed by atoms with E-state index in [1.165, 1.54) is 31.4 Å². The van der Waals surface area contributed by atoms with Crippen molar-refractivity contribution in [3.8, 4) is 0 Å². The van der Waals surface area contributed by atoms with Crippen molar-refractivity contribution in [2.45, 2.75) is 59.4 Å². The zero-order valence-electron chi connectivity index (χ0n) is 16.4. The Bertz CT molecular complexity index is 856. The molecule has 26 heavy (non-hydrogen) atoms. The standard InChI is InChI=1S/C22H30N4/c1-14-7-6-8-19(9-14)26-17(4)16(3)12-23-18(5)21-13-25-22-20(21)10-15(2)11-24-22/h10-14,19,26H,5-9H2,1-4H3,(H,24,25)/b17-16+,23-12-/t14-,19+/m1/s1. The number of allylic oxidation sites excluding steroid dienone is 2. The van der Waals surface area contributed by atoms with Crippen LogP contribution in [0.3, 0.4) is 0 Å². The molecule has 2 aromatic heterocycles. The number of aromatic amines is 1. The molecular weight excluding hydrogens is 320 g/mol. The first-order valence-corrected chi connectivity index (χ1v) is 9.55. The van der Waals surface area contributed by atoms with Crippen LogP contribution in [0, 0.1) is 12.8 Å². The molecule has 0 bridgehead atoms. The molecule has 1 aliphatic carbocycles. The molecule has 1 aliphatic rings. The minimum Gasteiger partial charge on any atom is -0.386 e. The second-order valence-electron chi connectivity index (χ2n) is 7.74. The molecule has 0 aromatic carbocycles. The van der Waals surface area contributed by atoms with Gasteiger partial charge in [-0.3, -0.25) is 4.99 Å². The van der Waals surface area contributed by atoms with Crippen molar-refractivity contribution >= 4 is 22.9 Å². The molecule has 4 nitrogen and oxygen atoms in total. The van der Waals surface area contributed by atoms with Gasteiger partial charge in [0.15, 0.2) is 0 Å². The van der Waals surface area contributed by atoms with Crippen LogP contribution < -0.4 is 5.32 Å². The predicted octanol–water partition coefficient (Wildman–Crippen LogP) is 5.38. The number of H-pyrrole nitrogens is 1. The maximum atomic E-state index is 4.61. The number of aryl methyl sites for hydroxylation is 1. The maximum absolute atomic E-state index is 4.61. The Morgan fingerprint density at radius 3 is 2.96 bits per heavy atom. The molecule has 2 heterocycles. The Labute approximate surface area is 156 Å². The summed E-state index contributed by atoms with van der Waals surface area (Å²) in [6.45, 7) is 12.8. The molecule has 0 saturated heterocycles. The Balaban J connectivity index is 1.70. The lowest BCUT2D eigenvalue weighted by Crippen LogP contribution is -2.32. The summed E-state index contributed by atoms with van der Waals surface area (Å²) >= 11 is 0. The highest BCUT2D eigenvalue weighted by Gasteiger charge is 2.18. The van der Waals surface area contributed by atoms with Crippen LogP contribution >= 0.6 is 0 Å². The maximum Gasteiger partial charge on any atom is 0.137 e. The van der Waals surface area contributed by atoms with Crippen LogP contribution in [0.4, 0.5) is 0 Å². The normalized spacial score (nSPS) is 21.8. The van der Waals surface area contributed by atoms with Crippen LogP contribution in [0.15, 0.2) is 41.3 Å². The minimum atomic E-state index is 0.591. The number of pyridine rings is 1. The lowest BCUT2D eigenvalue weighted by Gasteiger charge is -2.29. The molecule has 0 unspecified atom stereocenters. The van der Waals surface area contributed by atoms with Crippen molar-refractivity contribution < 1.29 is 0 Å². The quantitative estimate of drug-likeness (QED) is 0.712. The lowest BCUT2D eigenvalue weighted by molar-refractivity contribution is 0.315. The van der Waals surface area contributed by atoms with Crippen molar-refractivity contribution in [3.63, 3.8) is 0 Å². The highest BCUT2D eigenvalue weighted by Crippen LogP contribution is 2.25. The van der Waals surface area contributed by atoms with Gasteiger partial charge >= 0.3 is 0 Å². The van der Waals surface area contributed by atoms with Crippen molar-refractivity contribution in [2.24, 2.45) is 10.9 Å². The number of rotatable bonds is 5. The highest BCUT2D eigenvalue weighted by atomic mass is 14.9. The molecular formula is C22H30N4. The van der Waals surface area contributed by atoms with E-state index < -0.39 is 0 Å². The van der Waals surface area contributed by atoms with Crippen molar-refractivity contribution in [1.29, 1.82) is 0 Å². The van der Waals surface area contributed by atoms with E-state index >= 15 is 0 Å². The van der Waals surface area contributed by atoms with Crippen LogP contribution in [0.5, 0.6) is 0 Å². The Morgan fingerprint density at radius 1 is 1.38 bits per heavy atom. The highest BCUT2D eigenvalue weighted by molar-refractivity contribution is 5.93. The third kappa shape index (κ3) is 4.24. The van der Waals surface area contributed by atoms with Gasteiger partial charge in [0.2, 0.25) is 0 Å². The fraction of sp³-hybridized carbons (Fsp3) is 0.455. The Morgan fingerprint density at radius 2 is 2.19 bits per heavy atom. The summed E-state index contributed by atoms with van der Waals surface area (Å²) in [5.74, 6) is 0.821. The monoisotopic (exact) mass is 350 g/mol. The topological polar surface area (TPSA) is 53.1 Å². The average molecular weight is 351 g/mol. The molecule has 0 amide bonds. The van der Waals surface area contributed by atoms with Gasteiger partial charge < -0.3 is 10.3 Å². The first-order valence-electron chi connectivity index (χ1n) is 9.55. The smallest absolute Gasteiger partial charge is 0.137 e. The van der Waals surface area contributed by atoms with Crippen molar-refractivity contribution in [3.05, 3.63) is 47.4 Å². The average Bonchev–Trinajstić information content (AvgIpc) is 3.02. The van der Waals surface area contributed by atoms with Gasteiger partial charge in [0.1, 0.15) is 5.65 Å². The first kappa shape index (κ1) is 18.4. The molecule has 2 N–H and O–H groups in total. The third-order valence-electron chi connectivity index (χ3n) is 5.34. The van der Waals surface area contributed by atoms with Gasteiger partial charge in [-0.15, -0.1) is 0 Å². The lowest BCUT2D eigenvalue weighted by atomic mass is 9.87. The van der Waals surface area contributed by atoms with Crippen molar-refractivity contribution in [1.82, 2.24) is 15.3 Å². The molecule has 138 valence electrons. The summed E-state index contributed by atoms with van der Waals surface area (Å²) in [6.07, 6.45) is 10.9. The van der Waals surface area contributed by atoms with E-state index in [4.69, 9.17) is 0 Å². The van der Waals surface area contributed by atoms with Gasteiger partial charge in [-0.1, -0.05) is 26.3 Å². The number of hydrogen-bond donors (Lipinski definition) is 2. The summed E-state index contributed by atoms with van der Waals surface area (Å²) in [7, 11) is 0. The largest absolute Gasteiger partial charge is 0.386 e. The Kier molecular flexibility index (Phi) is 5.60. The molecule has 4 heteroatoms. The Hall–Kier alpha value is -2.36. The molecule has 0 aliphatic heterocycles. The van der Waals surface area contributed by atoms with E-state index in [2.05, 4.69) is 53.7 Å². The van der Waals surface area contributed by atoms with Crippen LogP contribution in [0.25, 0.3) is 16.7 Å². The van der Waals surface area contributed by atoms with E-state index in [0.717, 1.165) is 39.3 Å². The van der Waals surface area contributed by atoms with Crippen LogP contribution in [0.1, 0.15) is 57.6 Å². The van der Waals surface area contributed by atoms with Gasteiger partial charge in [-0.05, 0) is 56.7 Å². The van der Waals surface area contributed by atoms with Crippen LogP contribution in [-0.2, 0) is 0 Å². The van der Waals surface area contributed by atoms with E-state index in [-0.39, 0.29) is 0 Å². The van der Waals surface area contributed by atoms with Crippen LogP contribution in [0.2, 0.25) is 0 Å². The zero-order valence-corrected chi connectivity index (χ0v) is 16.4. The number of fused-ring (bicyclic) bond motifs is 1. The zero-order chi connectivity index (χ0) is 18.7. The van der Waals surface area contributed by atoms with Gasteiger partial charge in [0.25, 0.3) is 0 Å². The number of aliphatic imine (C=N–C) groups is 1. The van der Waals surface area contributed by atoms with Gasteiger partial charge in [0.05, 0.1) is 5.70 Å². The molecule has 0 spiro atoms. The fourth-order valence-electron chi connectivity index (χ4n) is 3.67. The van der Waals surface area contributed by atoms with E-state index in [1.54, 1.807) is 0 Å². The fourth-order valence-corrected chi connectivity index (χ4v) is 3.67. The molecule has 3 rings (SSSR count).